The molecule has 2 aromatic rings. The van der Waals surface area contributed by atoms with Gasteiger partial charge in [0.1, 0.15) is 17.7 Å². The zero-order valence-corrected chi connectivity index (χ0v) is 18.2. The maximum absolute atomic E-state index is 13.9. The van der Waals surface area contributed by atoms with Crippen molar-refractivity contribution in [1.29, 1.82) is 0 Å². The molecule has 2 heterocycles. The quantitative estimate of drug-likeness (QED) is 0.424. The van der Waals surface area contributed by atoms with Gasteiger partial charge in [-0.05, 0) is 37.0 Å². The van der Waals surface area contributed by atoms with Gasteiger partial charge in [0.25, 0.3) is 5.91 Å². The fourth-order valence-corrected chi connectivity index (χ4v) is 3.30. The Balaban J connectivity index is 1.52. The summed E-state index contributed by atoms with van der Waals surface area (Å²) in [5.74, 6) is -2.51. The number of carbonyl (C=O) groups excluding carboxylic acids is 1. The molecule has 13 heteroatoms. The van der Waals surface area contributed by atoms with Gasteiger partial charge >= 0.3 is 6.61 Å². The number of nitrogens with two attached hydrogens (primary N) is 1. The molecule has 1 aliphatic carbocycles. The Bertz CT molecular complexity index is 1150. The number of benzene rings is 1. The minimum absolute atomic E-state index is 0.0114. The molecule has 4 rings (SSSR count). The SMILES string of the molecule is NCc1oc(-c2ccc(OC(F)F)c(OCC3CC3)c2)nc1C(=O)NCC1C(F)=CC(F)=CN1O. The third-order valence-corrected chi connectivity index (χ3v) is 5.30. The summed E-state index contributed by atoms with van der Waals surface area (Å²) in [6.45, 7) is -3.32. The maximum Gasteiger partial charge on any atom is 0.387 e. The molecule has 1 fully saturated rings. The predicted molar refractivity (Wildman–Crippen MR) is 113 cm³/mol. The van der Waals surface area contributed by atoms with Crippen molar-refractivity contribution in [2.45, 2.75) is 32.0 Å². The second kappa shape index (κ2) is 10.4. The van der Waals surface area contributed by atoms with Gasteiger partial charge in [-0.1, -0.05) is 0 Å². The highest BCUT2D eigenvalue weighted by Crippen LogP contribution is 2.36. The van der Waals surface area contributed by atoms with Gasteiger partial charge in [-0.2, -0.15) is 8.78 Å². The van der Waals surface area contributed by atoms with Crippen molar-refractivity contribution in [3.8, 4) is 23.0 Å². The lowest BCUT2D eigenvalue weighted by Gasteiger charge is -2.26. The van der Waals surface area contributed by atoms with Crippen LogP contribution in [0.1, 0.15) is 29.1 Å². The Morgan fingerprint density at radius 3 is 2.74 bits per heavy atom. The number of amides is 1. The Labute approximate surface area is 196 Å². The van der Waals surface area contributed by atoms with E-state index in [0.717, 1.165) is 12.8 Å². The van der Waals surface area contributed by atoms with E-state index >= 15 is 0 Å². The van der Waals surface area contributed by atoms with Crippen molar-refractivity contribution in [3.63, 3.8) is 0 Å². The van der Waals surface area contributed by atoms with Crippen LogP contribution in [0.4, 0.5) is 17.6 Å². The van der Waals surface area contributed by atoms with Crippen molar-refractivity contribution >= 4 is 5.91 Å². The average molecular weight is 498 g/mol. The van der Waals surface area contributed by atoms with Gasteiger partial charge in [-0.3, -0.25) is 10.0 Å². The molecule has 4 N–H and O–H groups in total. The van der Waals surface area contributed by atoms with Crippen LogP contribution in [0.15, 0.2) is 46.5 Å². The lowest BCUT2D eigenvalue weighted by Crippen LogP contribution is -2.42. The number of aromatic nitrogens is 1. The summed E-state index contributed by atoms with van der Waals surface area (Å²) in [4.78, 5) is 16.8. The van der Waals surface area contributed by atoms with E-state index in [0.29, 0.717) is 35.4 Å². The highest BCUT2D eigenvalue weighted by atomic mass is 19.3. The third kappa shape index (κ3) is 5.92. The number of allylic oxidation sites excluding steroid dienone is 2. The largest absolute Gasteiger partial charge is 0.489 e. The zero-order chi connectivity index (χ0) is 25.1. The van der Waals surface area contributed by atoms with Crippen molar-refractivity contribution in [2.24, 2.45) is 11.7 Å². The van der Waals surface area contributed by atoms with Gasteiger partial charge in [0, 0.05) is 18.2 Å². The van der Waals surface area contributed by atoms with Crippen LogP contribution < -0.4 is 20.5 Å². The molecule has 0 bridgehead atoms. The minimum Gasteiger partial charge on any atom is -0.489 e. The van der Waals surface area contributed by atoms with Crippen LogP contribution in [0.5, 0.6) is 11.5 Å². The first-order valence-corrected chi connectivity index (χ1v) is 10.7. The van der Waals surface area contributed by atoms with Crippen molar-refractivity contribution in [2.75, 3.05) is 13.2 Å². The molecule has 1 aromatic carbocycles. The number of alkyl halides is 2. The van der Waals surface area contributed by atoms with Gasteiger partial charge < -0.3 is 24.9 Å². The molecule has 9 nitrogen and oxygen atoms in total. The van der Waals surface area contributed by atoms with E-state index in [1.807, 2.05) is 0 Å². The molecule has 2 aliphatic rings. The van der Waals surface area contributed by atoms with Gasteiger partial charge in [0.15, 0.2) is 23.0 Å². The molecule has 1 atom stereocenters. The van der Waals surface area contributed by atoms with E-state index in [1.54, 1.807) is 0 Å². The first-order valence-electron chi connectivity index (χ1n) is 10.7. The molecule has 0 saturated heterocycles. The monoisotopic (exact) mass is 498 g/mol. The molecule has 1 unspecified atom stereocenters. The second-order valence-electron chi connectivity index (χ2n) is 7.94. The summed E-state index contributed by atoms with van der Waals surface area (Å²) in [6, 6.07) is 2.75. The normalized spacial score (nSPS) is 17.8. The van der Waals surface area contributed by atoms with E-state index in [9.17, 15) is 27.6 Å². The Morgan fingerprint density at radius 1 is 1.31 bits per heavy atom. The van der Waals surface area contributed by atoms with Gasteiger partial charge in [0.05, 0.1) is 19.4 Å². The molecular formula is C22H22F4N4O5. The van der Waals surface area contributed by atoms with E-state index in [-0.39, 0.29) is 35.4 Å². The lowest BCUT2D eigenvalue weighted by molar-refractivity contribution is -0.0756. The van der Waals surface area contributed by atoms with Gasteiger partial charge in [-0.15, -0.1) is 0 Å². The van der Waals surface area contributed by atoms with E-state index in [4.69, 9.17) is 14.9 Å². The number of hydroxylamine groups is 2. The number of oxazole rings is 1. The summed E-state index contributed by atoms with van der Waals surface area (Å²) in [5, 5.41) is 12.4. The zero-order valence-electron chi connectivity index (χ0n) is 18.2. The third-order valence-electron chi connectivity index (χ3n) is 5.30. The number of halogens is 4. The topological polar surface area (TPSA) is 123 Å². The number of rotatable bonds is 10. The van der Waals surface area contributed by atoms with Crippen LogP contribution in [0.3, 0.4) is 0 Å². The number of hydrogen-bond acceptors (Lipinski definition) is 8. The Kier molecular flexibility index (Phi) is 7.26. The van der Waals surface area contributed by atoms with Crippen LogP contribution >= 0.6 is 0 Å². The summed E-state index contributed by atoms with van der Waals surface area (Å²) in [5.41, 5.74) is 5.79. The number of hydrogen-bond donors (Lipinski definition) is 3. The van der Waals surface area contributed by atoms with Gasteiger partial charge in [0.2, 0.25) is 5.89 Å². The number of nitrogens with one attached hydrogen (secondary N) is 1. The van der Waals surface area contributed by atoms with Crippen molar-refractivity contribution < 1.29 is 41.5 Å². The lowest BCUT2D eigenvalue weighted by atomic mass is 10.2. The highest BCUT2D eigenvalue weighted by Gasteiger charge is 2.28. The molecule has 0 spiro atoms. The standard InChI is InChI=1S/C22H22F4N4O5/c23-13-6-14(24)15(30(32)9-13)8-28-20(31)19-18(7-27)34-21(29-19)12-3-4-16(35-22(25)26)17(5-12)33-10-11-1-2-11/h3-6,9,11,15,22,32H,1-2,7-8,10,27H2,(H,28,31). The van der Waals surface area contributed by atoms with Crippen molar-refractivity contribution in [1.82, 2.24) is 15.4 Å². The van der Waals surface area contributed by atoms with Crippen LogP contribution in [0, 0.1) is 5.92 Å². The van der Waals surface area contributed by atoms with E-state index in [2.05, 4.69) is 15.0 Å². The van der Waals surface area contributed by atoms with E-state index in [1.165, 1.54) is 18.2 Å². The smallest absolute Gasteiger partial charge is 0.387 e. The van der Waals surface area contributed by atoms with E-state index < -0.39 is 36.8 Å². The van der Waals surface area contributed by atoms with Gasteiger partial charge in [-0.25, -0.2) is 18.8 Å². The molecule has 1 aromatic heterocycles. The Morgan fingerprint density at radius 2 is 2.09 bits per heavy atom. The molecule has 1 amide bonds. The summed E-state index contributed by atoms with van der Waals surface area (Å²) >= 11 is 0. The molecular weight excluding hydrogens is 476 g/mol. The number of ether oxygens (including phenoxy) is 2. The number of carbonyl (C=O) groups is 1. The molecule has 1 saturated carbocycles. The molecule has 1 aliphatic heterocycles. The fraction of sp³-hybridized carbons (Fsp3) is 0.364. The second-order valence-corrected chi connectivity index (χ2v) is 7.94. The summed E-state index contributed by atoms with van der Waals surface area (Å²) in [6.07, 6.45) is 3.24. The predicted octanol–water partition coefficient (Wildman–Crippen LogP) is 3.66. The minimum atomic E-state index is -3.05. The van der Waals surface area contributed by atoms with Crippen LogP contribution in [0.2, 0.25) is 0 Å². The fourth-order valence-electron chi connectivity index (χ4n) is 3.30. The first-order chi connectivity index (χ1) is 16.7. The van der Waals surface area contributed by atoms with Crippen molar-refractivity contribution in [3.05, 3.63) is 53.6 Å². The highest BCUT2D eigenvalue weighted by molar-refractivity contribution is 5.93. The average Bonchev–Trinajstić information content (AvgIpc) is 3.53. The summed E-state index contributed by atoms with van der Waals surface area (Å²) in [7, 11) is 0. The first kappa shape index (κ1) is 24.5. The van der Waals surface area contributed by atoms with Crippen LogP contribution in [-0.2, 0) is 6.54 Å². The molecule has 35 heavy (non-hydrogen) atoms. The van der Waals surface area contributed by atoms with Crippen LogP contribution in [-0.4, -0.2) is 47.0 Å². The molecule has 0 radical (unpaired) electrons. The summed E-state index contributed by atoms with van der Waals surface area (Å²) < 4.78 is 68.4. The number of nitrogens with zero attached hydrogens (tertiary/aromatic N) is 2. The maximum atomic E-state index is 13.9. The molecule has 188 valence electrons. The Hall–Kier alpha value is -3.58. The van der Waals surface area contributed by atoms with Crippen LogP contribution in [0.25, 0.3) is 11.5 Å².